The number of alkyl halides is 2. The van der Waals surface area contributed by atoms with Crippen molar-refractivity contribution in [2.24, 2.45) is 0 Å². The van der Waals surface area contributed by atoms with Crippen LogP contribution in [0, 0.1) is 5.82 Å². The van der Waals surface area contributed by atoms with E-state index in [1.54, 1.807) is 28.9 Å². The van der Waals surface area contributed by atoms with E-state index in [0.29, 0.717) is 30.5 Å². The Morgan fingerprint density at radius 3 is 2.97 bits per heavy atom. The summed E-state index contributed by atoms with van der Waals surface area (Å²) in [6, 6.07) is 4.97. The average Bonchev–Trinajstić information content (AvgIpc) is 3.23. The summed E-state index contributed by atoms with van der Waals surface area (Å²) in [6.45, 7) is -0.912. The third-order valence-corrected chi connectivity index (χ3v) is 5.08. The number of carbonyl (C=O) groups is 1. The van der Waals surface area contributed by atoms with Crippen molar-refractivity contribution in [1.82, 2.24) is 24.5 Å². The van der Waals surface area contributed by atoms with Gasteiger partial charge in [-0.15, -0.1) is 0 Å². The van der Waals surface area contributed by atoms with E-state index in [2.05, 4.69) is 20.4 Å². The first-order chi connectivity index (χ1) is 15.5. The minimum absolute atomic E-state index is 0.0541. The summed E-state index contributed by atoms with van der Waals surface area (Å²) in [5, 5.41) is 16.2. The third-order valence-electron chi connectivity index (χ3n) is 5.08. The van der Waals surface area contributed by atoms with Crippen molar-refractivity contribution in [3.05, 3.63) is 36.4 Å². The van der Waals surface area contributed by atoms with Gasteiger partial charge in [0.15, 0.2) is 18.2 Å². The molecule has 0 bridgehead atoms. The van der Waals surface area contributed by atoms with Crippen molar-refractivity contribution >= 4 is 17.2 Å². The molecule has 0 spiro atoms. The second-order valence-electron chi connectivity index (χ2n) is 7.29. The number of aliphatic hydroxyl groups excluding tert-OH is 1. The highest BCUT2D eigenvalue weighted by atomic mass is 19.3. The van der Waals surface area contributed by atoms with E-state index in [1.165, 1.54) is 11.1 Å². The maximum atomic E-state index is 15.0. The lowest BCUT2D eigenvalue weighted by atomic mass is 10.1. The van der Waals surface area contributed by atoms with Gasteiger partial charge in [-0.25, -0.2) is 18.3 Å². The van der Waals surface area contributed by atoms with Crippen LogP contribution in [0.25, 0.3) is 16.9 Å². The molecule has 1 saturated heterocycles. The topological polar surface area (TPSA) is 105 Å². The van der Waals surface area contributed by atoms with Gasteiger partial charge in [-0.2, -0.15) is 14.5 Å². The first kappa shape index (κ1) is 21.8. The van der Waals surface area contributed by atoms with Gasteiger partial charge in [-0.3, -0.25) is 4.79 Å². The number of aromatic nitrogens is 4. The standard InChI is InChI=1S/C20H21F3N6O3/c21-15(22)11-32-20-17(23)19(25-12-4-3-6-28(9-12)16(31)10-30)26-18(27-20)13-8-24-29-7-2-1-5-14(13)29/h1-2,5,7-8,12,15,30H,3-4,6,9-11H2,(H,25,26,27)/t12-/m1/s1. The molecule has 32 heavy (non-hydrogen) atoms. The third kappa shape index (κ3) is 4.59. The molecule has 1 atom stereocenters. The van der Waals surface area contributed by atoms with Crippen LogP contribution in [-0.4, -0.2) is 74.3 Å². The maximum Gasteiger partial charge on any atom is 0.272 e. The van der Waals surface area contributed by atoms with Crippen LogP contribution < -0.4 is 10.1 Å². The summed E-state index contributed by atoms with van der Waals surface area (Å²) < 4.78 is 46.9. The zero-order valence-corrected chi connectivity index (χ0v) is 16.9. The summed E-state index contributed by atoms with van der Waals surface area (Å²) in [5.41, 5.74) is 1.11. The van der Waals surface area contributed by atoms with E-state index in [9.17, 15) is 13.6 Å². The molecule has 12 heteroatoms. The second-order valence-corrected chi connectivity index (χ2v) is 7.29. The number of rotatable bonds is 7. The van der Waals surface area contributed by atoms with Crippen LogP contribution in [0.5, 0.6) is 5.88 Å². The zero-order chi connectivity index (χ0) is 22.7. The monoisotopic (exact) mass is 450 g/mol. The van der Waals surface area contributed by atoms with Crippen LogP contribution in [0.2, 0.25) is 0 Å². The number of halogens is 3. The molecule has 4 rings (SSSR count). The average molecular weight is 450 g/mol. The Balaban J connectivity index is 1.68. The van der Waals surface area contributed by atoms with Crippen molar-refractivity contribution < 1.29 is 27.8 Å². The van der Waals surface area contributed by atoms with Crippen molar-refractivity contribution in [2.75, 3.05) is 31.6 Å². The van der Waals surface area contributed by atoms with E-state index < -0.39 is 37.2 Å². The van der Waals surface area contributed by atoms with E-state index in [4.69, 9.17) is 9.84 Å². The van der Waals surface area contributed by atoms with Gasteiger partial charge in [0.05, 0.1) is 17.3 Å². The summed E-state index contributed by atoms with van der Waals surface area (Å²) >= 11 is 0. The van der Waals surface area contributed by atoms with Crippen LogP contribution in [0.1, 0.15) is 12.8 Å². The fraction of sp³-hybridized carbons (Fsp3) is 0.400. The van der Waals surface area contributed by atoms with E-state index in [-0.39, 0.29) is 24.2 Å². The normalized spacial score (nSPS) is 16.5. The molecule has 0 saturated carbocycles. The lowest BCUT2D eigenvalue weighted by molar-refractivity contribution is -0.135. The number of anilines is 1. The van der Waals surface area contributed by atoms with Crippen LogP contribution in [0.15, 0.2) is 30.6 Å². The molecule has 1 aliphatic heterocycles. The minimum Gasteiger partial charge on any atom is -0.469 e. The number of nitrogens with zero attached hydrogens (tertiary/aromatic N) is 5. The Bertz CT molecular complexity index is 1110. The quantitative estimate of drug-likeness (QED) is 0.567. The van der Waals surface area contributed by atoms with Gasteiger partial charge in [0.2, 0.25) is 11.7 Å². The van der Waals surface area contributed by atoms with Crippen molar-refractivity contribution in [2.45, 2.75) is 25.3 Å². The van der Waals surface area contributed by atoms with Gasteiger partial charge in [0.1, 0.15) is 6.61 Å². The molecule has 0 radical (unpaired) electrons. The predicted octanol–water partition coefficient (Wildman–Crippen LogP) is 1.97. The van der Waals surface area contributed by atoms with Gasteiger partial charge >= 0.3 is 0 Å². The lowest BCUT2D eigenvalue weighted by Crippen LogP contribution is -2.46. The van der Waals surface area contributed by atoms with Crippen LogP contribution in [-0.2, 0) is 4.79 Å². The highest BCUT2D eigenvalue weighted by Crippen LogP contribution is 2.29. The molecule has 0 aromatic carbocycles. The minimum atomic E-state index is -2.81. The number of piperidine rings is 1. The van der Waals surface area contributed by atoms with Gasteiger partial charge in [-0.1, -0.05) is 6.07 Å². The number of aliphatic hydroxyl groups is 1. The number of carbonyl (C=O) groups excluding carboxylic acids is 1. The Hall–Kier alpha value is -3.41. The molecule has 1 amide bonds. The number of nitrogens with one attached hydrogen (secondary N) is 1. The number of ether oxygens (including phenoxy) is 1. The van der Waals surface area contributed by atoms with E-state index in [1.807, 2.05) is 0 Å². The highest BCUT2D eigenvalue weighted by molar-refractivity contribution is 5.77. The fourth-order valence-electron chi connectivity index (χ4n) is 3.60. The molecule has 0 aliphatic carbocycles. The summed E-state index contributed by atoms with van der Waals surface area (Å²) in [6.07, 6.45) is 1.66. The predicted molar refractivity (Wildman–Crippen MR) is 108 cm³/mol. The van der Waals surface area contributed by atoms with E-state index in [0.717, 1.165) is 0 Å². The van der Waals surface area contributed by atoms with Crippen molar-refractivity contribution in [1.29, 1.82) is 0 Å². The number of hydrogen-bond donors (Lipinski definition) is 2. The van der Waals surface area contributed by atoms with Gasteiger partial charge in [0, 0.05) is 25.3 Å². The summed E-state index contributed by atoms with van der Waals surface area (Å²) in [5.74, 6) is -2.20. The maximum absolute atomic E-state index is 15.0. The Morgan fingerprint density at radius 2 is 2.19 bits per heavy atom. The number of amides is 1. The fourth-order valence-corrected chi connectivity index (χ4v) is 3.60. The Morgan fingerprint density at radius 1 is 1.34 bits per heavy atom. The van der Waals surface area contributed by atoms with Crippen LogP contribution in [0.4, 0.5) is 19.0 Å². The molecule has 2 N–H and O–H groups in total. The van der Waals surface area contributed by atoms with Gasteiger partial charge < -0.3 is 20.1 Å². The molecule has 1 fully saturated rings. The highest BCUT2D eigenvalue weighted by Gasteiger charge is 2.26. The summed E-state index contributed by atoms with van der Waals surface area (Å²) in [7, 11) is 0. The number of likely N-dealkylation sites (tertiary alicyclic amines) is 1. The molecule has 3 aromatic heterocycles. The SMILES string of the molecule is O=C(CO)N1CCC[C@@H](Nc2nc(-c3cnn4ccccc34)nc(OCC(F)F)c2F)C1. The Kier molecular flexibility index (Phi) is 6.40. The first-order valence-electron chi connectivity index (χ1n) is 10.0. The number of fused-ring (bicyclic) bond motifs is 1. The van der Waals surface area contributed by atoms with Gasteiger partial charge in [0.25, 0.3) is 12.3 Å². The van der Waals surface area contributed by atoms with Crippen LogP contribution in [0.3, 0.4) is 0 Å². The first-order valence-corrected chi connectivity index (χ1v) is 10.0. The van der Waals surface area contributed by atoms with Gasteiger partial charge in [-0.05, 0) is 25.0 Å². The van der Waals surface area contributed by atoms with E-state index >= 15 is 4.39 Å². The van der Waals surface area contributed by atoms with Crippen molar-refractivity contribution in [3.8, 4) is 17.3 Å². The van der Waals surface area contributed by atoms with Crippen molar-refractivity contribution in [3.63, 3.8) is 0 Å². The number of pyridine rings is 1. The molecule has 1 aliphatic rings. The molecule has 0 unspecified atom stereocenters. The summed E-state index contributed by atoms with van der Waals surface area (Å²) in [4.78, 5) is 21.6. The molecular weight excluding hydrogens is 429 g/mol. The Labute approximate surface area is 180 Å². The molecular formula is C20H21F3N6O3. The second kappa shape index (κ2) is 9.39. The molecule has 3 aromatic rings. The largest absolute Gasteiger partial charge is 0.469 e. The smallest absolute Gasteiger partial charge is 0.272 e. The number of hydrogen-bond acceptors (Lipinski definition) is 7. The van der Waals surface area contributed by atoms with Crippen LogP contribution >= 0.6 is 0 Å². The zero-order valence-electron chi connectivity index (χ0n) is 16.9. The molecule has 9 nitrogen and oxygen atoms in total. The molecule has 4 heterocycles. The lowest BCUT2D eigenvalue weighted by Gasteiger charge is -2.33. The molecule has 170 valence electrons.